The molecule has 1 fully saturated rings. The van der Waals surface area contributed by atoms with Crippen molar-refractivity contribution in [3.05, 3.63) is 0 Å². The molecule has 90 valence electrons. The maximum atomic E-state index is 13.5. The van der Waals surface area contributed by atoms with Gasteiger partial charge in [-0.15, -0.1) is 0 Å². The van der Waals surface area contributed by atoms with Crippen molar-refractivity contribution in [1.82, 2.24) is 0 Å². The molecule has 3 heteroatoms. The molecule has 0 heterocycles. The van der Waals surface area contributed by atoms with Gasteiger partial charge in [0.05, 0.1) is 0 Å². The average molecular weight is 219 g/mol. The second-order valence-corrected chi connectivity index (χ2v) is 6.29. The molecule has 1 rings (SSSR count). The van der Waals surface area contributed by atoms with Gasteiger partial charge in [0.2, 0.25) is 5.92 Å². The fraction of sp³-hybridized carbons (Fsp3) is 1.00. The van der Waals surface area contributed by atoms with Crippen LogP contribution in [0.4, 0.5) is 8.78 Å². The molecule has 1 unspecified atom stereocenters. The summed E-state index contributed by atoms with van der Waals surface area (Å²) in [7, 11) is 0. The molecule has 0 aromatic rings. The van der Waals surface area contributed by atoms with E-state index in [0.717, 1.165) is 0 Å². The Morgan fingerprint density at radius 2 is 1.73 bits per heavy atom. The van der Waals surface area contributed by atoms with Gasteiger partial charge in [0.15, 0.2) is 0 Å². The number of nitrogens with two attached hydrogens (primary N) is 1. The lowest BCUT2D eigenvalue weighted by atomic mass is 9.57. The molecule has 1 aliphatic rings. The first-order valence-electron chi connectivity index (χ1n) is 5.66. The van der Waals surface area contributed by atoms with E-state index in [9.17, 15) is 8.78 Å². The minimum Gasteiger partial charge on any atom is -0.327 e. The molecule has 2 N–H and O–H groups in total. The van der Waals surface area contributed by atoms with Crippen LogP contribution in [0.2, 0.25) is 0 Å². The van der Waals surface area contributed by atoms with Gasteiger partial charge in [0, 0.05) is 18.9 Å². The summed E-state index contributed by atoms with van der Waals surface area (Å²) in [6.45, 7) is 10.1. The van der Waals surface area contributed by atoms with Crippen LogP contribution in [-0.2, 0) is 0 Å². The fourth-order valence-corrected chi connectivity index (χ4v) is 3.45. The summed E-state index contributed by atoms with van der Waals surface area (Å²) >= 11 is 0. The first-order chi connectivity index (χ1) is 6.53. The molecular weight excluding hydrogens is 196 g/mol. The van der Waals surface area contributed by atoms with Crippen LogP contribution in [0.15, 0.2) is 0 Å². The van der Waals surface area contributed by atoms with Gasteiger partial charge in [0.25, 0.3) is 0 Å². The highest BCUT2D eigenvalue weighted by Crippen LogP contribution is 2.59. The summed E-state index contributed by atoms with van der Waals surface area (Å²) in [5, 5.41) is 0. The third-order valence-electron chi connectivity index (χ3n) is 4.16. The van der Waals surface area contributed by atoms with Gasteiger partial charge in [0.1, 0.15) is 0 Å². The number of halogens is 2. The average Bonchev–Trinajstić information content (AvgIpc) is 2.19. The smallest absolute Gasteiger partial charge is 0.250 e. The van der Waals surface area contributed by atoms with Gasteiger partial charge in [-0.1, -0.05) is 34.6 Å². The van der Waals surface area contributed by atoms with Crippen LogP contribution in [0, 0.1) is 16.7 Å². The van der Waals surface area contributed by atoms with E-state index in [1.165, 1.54) is 0 Å². The van der Waals surface area contributed by atoms with Crippen molar-refractivity contribution in [2.24, 2.45) is 22.5 Å². The van der Waals surface area contributed by atoms with E-state index in [0.29, 0.717) is 0 Å². The highest BCUT2D eigenvalue weighted by Gasteiger charge is 2.60. The zero-order valence-electron chi connectivity index (χ0n) is 10.4. The predicted molar refractivity (Wildman–Crippen MR) is 58.9 cm³/mol. The Morgan fingerprint density at radius 1 is 1.27 bits per heavy atom. The normalized spacial score (nSPS) is 36.2. The Bertz CT molecular complexity index is 242. The van der Waals surface area contributed by atoms with E-state index in [4.69, 9.17) is 5.73 Å². The number of hydrogen-bond donors (Lipinski definition) is 1. The second kappa shape index (κ2) is 3.41. The molecule has 0 saturated heterocycles. The van der Waals surface area contributed by atoms with E-state index < -0.39 is 17.4 Å². The van der Waals surface area contributed by atoms with Crippen LogP contribution in [0.5, 0.6) is 0 Å². The van der Waals surface area contributed by atoms with Crippen molar-refractivity contribution in [2.45, 2.75) is 59.4 Å². The number of rotatable bonds is 1. The van der Waals surface area contributed by atoms with E-state index in [2.05, 4.69) is 0 Å². The molecule has 0 radical (unpaired) electrons. The summed E-state index contributed by atoms with van der Waals surface area (Å²) in [5.74, 6) is -2.40. The van der Waals surface area contributed by atoms with E-state index >= 15 is 0 Å². The standard InChI is InChI=1S/C12H23F2N/c1-8(2)12(10(3,4)5)7-11(13,14)6-9(12)15/h8-9H,6-7,15H2,1-5H3/t9-,12?/m1/s1. The third-order valence-corrected chi connectivity index (χ3v) is 4.16. The van der Waals surface area contributed by atoms with Crippen LogP contribution in [-0.4, -0.2) is 12.0 Å². The van der Waals surface area contributed by atoms with Crippen molar-refractivity contribution < 1.29 is 8.78 Å². The number of alkyl halides is 2. The molecule has 0 aromatic carbocycles. The lowest BCUT2D eigenvalue weighted by molar-refractivity contribution is -0.0425. The maximum Gasteiger partial charge on any atom is 0.250 e. The molecule has 2 atom stereocenters. The monoisotopic (exact) mass is 219 g/mol. The molecule has 15 heavy (non-hydrogen) atoms. The van der Waals surface area contributed by atoms with E-state index in [-0.39, 0.29) is 24.2 Å². The highest BCUT2D eigenvalue weighted by molar-refractivity contribution is 5.08. The Hall–Kier alpha value is -0.180. The van der Waals surface area contributed by atoms with Gasteiger partial charge in [-0.3, -0.25) is 0 Å². The highest BCUT2D eigenvalue weighted by atomic mass is 19.3. The van der Waals surface area contributed by atoms with Crippen molar-refractivity contribution in [3.63, 3.8) is 0 Å². The van der Waals surface area contributed by atoms with Gasteiger partial charge >= 0.3 is 0 Å². The van der Waals surface area contributed by atoms with Crippen LogP contribution >= 0.6 is 0 Å². The molecular formula is C12H23F2N. The van der Waals surface area contributed by atoms with Gasteiger partial charge < -0.3 is 5.73 Å². The zero-order valence-corrected chi connectivity index (χ0v) is 10.4. The summed E-state index contributed by atoms with van der Waals surface area (Å²) in [5.41, 5.74) is 5.37. The first-order valence-corrected chi connectivity index (χ1v) is 5.66. The van der Waals surface area contributed by atoms with Crippen molar-refractivity contribution in [1.29, 1.82) is 0 Å². The molecule has 1 saturated carbocycles. The molecule has 1 aliphatic carbocycles. The van der Waals surface area contributed by atoms with Crippen molar-refractivity contribution in [2.75, 3.05) is 0 Å². The Labute approximate surface area is 91.4 Å². The maximum absolute atomic E-state index is 13.5. The summed E-state index contributed by atoms with van der Waals surface area (Å²) in [6.07, 6.45) is -0.231. The largest absolute Gasteiger partial charge is 0.327 e. The molecule has 0 aliphatic heterocycles. The van der Waals surface area contributed by atoms with Crippen LogP contribution in [0.25, 0.3) is 0 Å². The molecule has 0 amide bonds. The Kier molecular flexibility index (Phi) is 2.93. The van der Waals surface area contributed by atoms with Crippen molar-refractivity contribution in [3.8, 4) is 0 Å². The van der Waals surface area contributed by atoms with E-state index in [1.807, 2.05) is 34.6 Å². The summed E-state index contributed by atoms with van der Waals surface area (Å²) < 4.78 is 27.0. The van der Waals surface area contributed by atoms with Gasteiger partial charge in [-0.05, 0) is 16.7 Å². The quantitative estimate of drug-likeness (QED) is 0.718. The summed E-state index contributed by atoms with van der Waals surface area (Å²) in [4.78, 5) is 0. The van der Waals surface area contributed by atoms with Crippen LogP contribution in [0.3, 0.4) is 0 Å². The molecule has 0 aromatic heterocycles. The van der Waals surface area contributed by atoms with Crippen LogP contribution in [0.1, 0.15) is 47.5 Å². The van der Waals surface area contributed by atoms with Gasteiger partial charge in [-0.2, -0.15) is 0 Å². The minimum atomic E-state index is -2.59. The van der Waals surface area contributed by atoms with Crippen molar-refractivity contribution >= 4 is 0 Å². The SMILES string of the molecule is CC(C)C1(C(C)(C)C)CC(F)(F)C[C@H]1N. The molecule has 1 nitrogen and oxygen atoms in total. The lowest BCUT2D eigenvalue weighted by Crippen LogP contribution is -2.50. The third kappa shape index (κ3) is 1.91. The lowest BCUT2D eigenvalue weighted by Gasteiger charge is -2.48. The second-order valence-electron chi connectivity index (χ2n) is 6.29. The van der Waals surface area contributed by atoms with Gasteiger partial charge in [-0.25, -0.2) is 8.78 Å². The predicted octanol–water partition coefficient (Wildman–Crippen LogP) is 3.43. The molecule has 0 spiro atoms. The zero-order chi connectivity index (χ0) is 12.1. The Morgan fingerprint density at radius 3 is 1.87 bits per heavy atom. The molecule has 0 bridgehead atoms. The van der Waals surface area contributed by atoms with E-state index in [1.54, 1.807) is 0 Å². The number of hydrogen-bond acceptors (Lipinski definition) is 1. The minimum absolute atomic E-state index is 0.0671. The Balaban J connectivity index is 3.15. The first kappa shape index (κ1) is 12.9. The van der Waals surface area contributed by atoms with Crippen LogP contribution < -0.4 is 5.73 Å². The fourth-order valence-electron chi connectivity index (χ4n) is 3.45. The topological polar surface area (TPSA) is 26.0 Å². The summed E-state index contributed by atoms with van der Waals surface area (Å²) in [6, 6.07) is -0.396.